The van der Waals surface area contributed by atoms with Crippen molar-refractivity contribution in [1.82, 2.24) is 0 Å². The highest BCUT2D eigenvalue weighted by Gasteiger charge is 2.39. The number of rotatable bonds is 4. The lowest BCUT2D eigenvalue weighted by molar-refractivity contribution is -0.267. The van der Waals surface area contributed by atoms with Crippen molar-refractivity contribution in [2.75, 3.05) is 13.7 Å². The zero-order valence-electron chi connectivity index (χ0n) is 10.6. The molecule has 1 heterocycles. The van der Waals surface area contributed by atoms with Gasteiger partial charge in [0.15, 0.2) is 12.4 Å². The molecule has 0 radical (unpaired) electrons. The molecule has 7 nitrogen and oxygen atoms in total. The molecule has 4 atom stereocenters. The number of hydrogen-bond donors (Lipinski definition) is 1. The van der Waals surface area contributed by atoms with E-state index in [1.807, 2.05) is 0 Å². The molecule has 0 aromatic carbocycles. The maximum atomic E-state index is 10.9. The first-order chi connectivity index (χ1) is 8.43. The Bertz CT molecular complexity index is 304. The summed E-state index contributed by atoms with van der Waals surface area (Å²) in [6.07, 6.45) is -2.86. The fourth-order valence-electron chi connectivity index (χ4n) is 1.73. The van der Waals surface area contributed by atoms with E-state index in [0.29, 0.717) is 0 Å². The average Bonchev–Trinajstić information content (AvgIpc) is 2.27. The lowest BCUT2D eigenvalue weighted by Crippen LogP contribution is -2.51. The third-order valence-corrected chi connectivity index (χ3v) is 2.52. The van der Waals surface area contributed by atoms with Crippen molar-refractivity contribution < 1.29 is 33.6 Å². The van der Waals surface area contributed by atoms with Crippen molar-refractivity contribution in [3.05, 3.63) is 0 Å². The van der Waals surface area contributed by atoms with E-state index in [9.17, 15) is 14.7 Å². The SMILES string of the molecule is CO[C@H]1O[C@H](COC(C)=O)[C@H](O)C[C@H]1OC(C)=O. The molecule has 1 saturated heterocycles. The molecule has 1 rings (SSSR count). The lowest BCUT2D eigenvalue weighted by Gasteiger charge is -2.37. The average molecular weight is 262 g/mol. The summed E-state index contributed by atoms with van der Waals surface area (Å²) >= 11 is 0. The smallest absolute Gasteiger partial charge is 0.303 e. The van der Waals surface area contributed by atoms with Crippen LogP contribution in [0.1, 0.15) is 20.3 Å². The quantitative estimate of drug-likeness (QED) is 0.689. The number of ether oxygens (including phenoxy) is 4. The third kappa shape index (κ3) is 4.25. The Morgan fingerprint density at radius 1 is 1.33 bits per heavy atom. The Labute approximate surface area is 105 Å². The minimum Gasteiger partial charge on any atom is -0.463 e. The van der Waals surface area contributed by atoms with Crippen LogP contribution in [0.5, 0.6) is 0 Å². The van der Waals surface area contributed by atoms with E-state index in [1.165, 1.54) is 21.0 Å². The number of aliphatic hydroxyl groups excluding tert-OH is 1. The molecular weight excluding hydrogens is 244 g/mol. The van der Waals surface area contributed by atoms with Crippen molar-refractivity contribution in [1.29, 1.82) is 0 Å². The van der Waals surface area contributed by atoms with Gasteiger partial charge in [0, 0.05) is 27.4 Å². The van der Waals surface area contributed by atoms with Gasteiger partial charge in [0.1, 0.15) is 12.7 Å². The van der Waals surface area contributed by atoms with Gasteiger partial charge < -0.3 is 24.1 Å². The predicted octanol–water partition coefficient (Wildman–Crippen LogP) is -0.397. The summed E-state index contributed by atoms with van der Waals surface area (Å²) in [5.41, 5.74) is 0. The first-order valence-electron chi connectivity index (χ1n) is 5.61. The third-order valence-electron chi connectivity index (χ3n) is 2.52. The first kappa shape index (κ1) is 14.9. The second-order valence-corrected chi connectivity index (χ2v) is 4.03. The Kier molecular flexibility index (Phi) is 5.52. The standard InChI is InChI=1S/C11H18O7/c1-6(12)16-5-10-8(14)4-9(17-7(2)13)11(15-3)18-10/h8-11,14H,4-5H2,1-3H3/t8-,9-,10-,11+/m1/s1. The van der Waals surface area contributed by atoms with Gasteiger partial charge in [-0.1, -0.05) is 0 Å². The van der Waals surface area contributed by atoms with Crippen molar-refractivity contribution in [3.63, 3.8) is 0 Å². The lowest BCUT2D eigenvalue weighted by atomic mass is 10.0. The number of aliphatic hydroxyl groups is 1. The van der Waals surface area contributed by atoms with E-state index >= 15 is 0 Å². The highest BCUT2D eigenvalue weighted by atomic mass is 16.7. The normalized spacial score (nSPS) is 31.8. The van der Waals surface area contributed by atoms with Gasteiger partial charge in [-0.25, -0.2) is 0 Å². The molecule has 0 aliphatic carbocycles. The van der Waals surface area contributed by atoms with Crippen LogP contribution < -0.4 is 0 Å². The van der Waals surface area contributed by atoms with E-state index in [4.69, 9.17) is 18.9 Å². The van der Waals surface area contributed by atoms with E-state index in [2.05, 4.69) is 0 Å². The zero-order chi connectivity index (χ0) is 13.7. The summed E-state index contributed by atoms with van der Waals surface area (Å²) in [5, 5.41) is 9.82. The molecule has 0 bridgehead atoms. The fourth-order valence-corrected chi connectivity index (χ4v) is 1.73. The van der Waals surface area contributed by atoms with Crippen LogP contribution in [0.2, 0.25) is 0 Å². The summed E-state index contributed by atoms with van der Waals surface area (Å²) in [6.45, 7) is 2.47. The second kappa shape index (κ2) is 6.67. The van der Waals surface area contributed by atoms with E-state index in [-0.39, 0.29) is 13.0 Å². The molecule has 1 N–H and O–H groups in total. The monoisotopic (exact) mass is 262 g/mol. The van der Waals surface area contributed by atoms with Gasteiger partial charge in [-0.3, -0.25) is 9.59 Å². The van der Waals surface area contributed by atoms with Crippen LogP contribution in [0.25, 0.3) is 0 Å². The predicted molar refractivity (Wildman–Crippen MR) is 58.5 cm³/mol. The Hall–Kier alpha value is -1.18. The van der Waals surface area contributed by atoms with Crippen LogP contribution in [0.15, 0.2) is 0 Å². The maximum absolute atomic E-state index is 10.9. The molecule has 0 aromatic heterocycles. The molecular formula is C11H18O7. The summed E-state index contributed by atoms with van der Waals surface area (Å²) < 4.78 is 20.2. The summed E-state index contributed by atoms with van der Waals surface area (Å²) in [7, 11) is 1.40. The zero-order valence-corrected chi connectivity index (χ0v) is 10.6. The topological polar surface area (TPSA) is 91.3 Å². The van der Waals surface area contributed by atoms with Crippen molar-refractivity contribution >= 4 is 11.9 Å². The van der Waals surface area contributed by atoms with Gasteiger partial charge in [-0.2, -0.15) is 0 Å². The fraction of sp³-hybridized carbons (Fsp3) is 0.818. The molecule has 0 spiro atoms. The molecule has 18 heavy (non-hydrogen) atoms. The molecule has 104 valence electrons. The number of carbonyl (C=O) groups is 2. The molecule has 1 aliphatic rings. The van der Waals surface area contributed by atoms with Crippen molar-refractivity contribution in [2.45, 2.75) is 44.9 Å². The molecule has 7 heteroatoms. The summed E-state index contributed by atoms with van der Waals surface area (Å²) in [6, 6.07) is 0. The number of esters is 2. The van der Waals surface area contributed by atoms with Crippen LogP contribution in [0.3, 0.4) is 0 Å². The largest absolute Gasteiger partial charge is 0.463 e. The Balaban J connectivity index is 2.57. The Morgan fingerprint density at radius 3 is 2.50 bits per heavy atom. The minimum absolute atomic E-state index is 0.0663. The van der Waals surface area contributed by atoms with E-state index < -0.39 is 36.5 Å². The molecule has 0 saturated carbocycles. The minimum atomic E-state index is -0.889. The van der Waals surface area contributed by atoms with E-state index in [1.54, 1.807) is 0 Å². The number of carbonyl (C=O) groups excluding carboxylic acids is 2. The van der Waals surface area contributed by atoms with Gasteiger partial charge in [0.05, 0.1) is 6.10 Å². The van der Waals surface area contributed by atoms with Gasteiger partial charge in [0.2, 0.25) is 0 Å². The molecule has 1 aliphatic heterocycles. The van der Waals surface area contributed by atoms with Gasteiger partial charge in [-0.05, 0) is 0 Å². The van der Waals surface area contributed by atoms with E-state index in [0.717, 1.165) is 0 Å². The summed E-state index contributed by atoms with van der Waals surface area (Å²) in [5.74, 6) is -0.932. The molecule has 1 fully saturated rings. The molecule has 0 unspecified atom stereocenters. The van der Waals surface area contributed by atoms with Crippen LogP contribution >= 0.6 is 0 Å². The number of methoxy groups -OCH3 is 1. The van der Waals surface area contributed by atoms with Gasteiger partial charge >= 0.3 is 11.9 Å². The highest BCUT2D eigenvalue weighted by Crippen LogP contribution is 2.23. The molecule has 0 amide bonds. The van der Waals surface area contributed by atoms with Gasteiger partial charge in [0.25, 0.3) is 0 Å². The van der Waals surface area contributed by atoms with Crippen LogP contribution in [-0.2, 0) is 28.5 Å². The first-order valence-corrected chi connectivity index (χ1v) is 5.61. The Morgan fingerprint density at radius 2 is 2.00 bits per heavy atom. The number of hydrogen-bond acceptors (Lipinski definition) is 7. The molecule has 0 aromatic rings. The van der Waals surface area contributed by atoms with Crippen LogP contribution in [0.4, 0.5) is 0 Å². The van der Waals surface area contributed by atoms with Crippen LogP contribution in [0, 0.1) is 0 Å². The highest BCUT2D eigenvalue weighted by molar-refractivity contribution is 5.66. The van der Waals surface area contributed by atoms with Crippen LogP contribution in [-0.4, -0.2) is 55.4 Å². The summed E-state index contributed by atoms with van der Waals surface area (Å²) in [4.78, 5) is 21.6. The van der Waals surface area contributed by atoms with Gasteiger partial charge in [-0.15, -0.1) is 0 Å². The maximum Gasteiger partial charge on any atom is 0.303 e. The second-order valence-electron chi connectivity index (χ2n) is 4.03. The van der Waals surface area contributed by atoms with Crippen molar-refractivity contribution in [3.8, 4) is 0 Å². The van der Waals surface area contributed by atoms with Crippen molar-refractivity contribution in [2.24, 2.45) is 0 Å².